The van der Waals surface area contributed by atoms with Gasteiger partial charge in [0, 0.05) is 12.0 Å². The maximum absolute atomic E-state index is 11.0. The first kappa shape index (κ1) is 11.7. The number of hydrogen-bond acceptors (Lipinski definition) is 4. The monoisotopic (exact) mass is 237 g/mol. The Morgan fingerprint density at radius 1 is 1.35 bits per heavy atom. The Kier molecular flexibility index (Phi) is 2.71. The Morgan fingerprint density at radius 3 is 2.24 bits per heavy atom. The Balaban J connectivity index is 2.31. The minimum absolute atomic E-state index is 0.177. The van der Waals surface area contributed by atoms with E-state index < -0.39 is 11.5 Å². The van der Waals surface area contributed by atoms with Gasteiger partial charge in [-0.05, 0) is 24.1 Å². The summed E-state index contributed by atoms with van der Waals surface area (Å²) in [7, 11) is 3.11. The molecule has 2 atom stereocenters. The molecule has 2 rings (SSSR count). The van der Waals surface area contributed by atoms with Gasteiger partial charge in [-0.2, -0.15) is 0 Å². The number of carboxylic acids is 1. The molecule has 0 spiro atoms. The summed E-state index contributed by atoms with van der Waals surface area (Å²) in [5.41, 5.74) is 5.47. The fraction of sp³-hybridized carbons (Fsp3) is 0.417. The van der Waals surface area contributed by atoms with Crippen LogP contribution in [0.1, 0.15) is 17.9 Å². The zero-order valence-corrected chi connectivity index (χ0v) is 9.77. The number of carboxylic acid groups (broad SMARTS) is 1. The Hall–Kier alpha value is -1.75. The zero-order chi connectivity index (χ0) is 12.6. The van der Waals surface area contributed by atoms with Gasteiger partial charge >= 0.3 is 5.97 Å². The Morgan fingerprint density at radius 2 is 1.88 bits per heavy atom. The number of carbonyl (C=O) groups is 1. The van der Waals surface area contributed by atoms with E-state index in [1.807, 2.05) is 0 Å². The van der Waals surface area contributed by atoms with Crippen LogP contribution in [0.4, 0.5) is 0 Å². The third-order valence-corrected chi connectivity index (χ3v) is 3.18. The lowest BCUT2D eigenvalue weighted by molar-refractivity contribution is -0.139. The van der Waals surface area contributed by atoms with Gasteiger partial charge in [0.1, 0.15) is 17.0 Å². The number of rotatable bonds is 4. The summed E-state index contributed by atoms with van der Waals surface area (Å²) in [6.45, 7) is 0. The van der Waals surface area contributed by atoms with Crippen LogP contribution in [0.2, 0.25) is 0 Å². The van der Waals surface area contributed by atoms with E-state index in [2.05, 4.69) is 0 Å². The van der Waals surface area contributed by atoms with E-state index in [9.17, 15) is 4.79 Å². The Labute approximate surface area is 99.1 Å². The molecule has 5 heteroatoms. The normalized spacial score (nSPS) is 26.4. The molecule has 0 radical (unpaired) electrons. The molecule has 17 heavy (non-hydrogen) atoms. The first-order valence-electron chi connectivity index (χ1n) is 5.26. The summed E-state index contributed by atoms with van der Waals surface area (Å²) in [6.07, 6.45) is 0.443. The van der Waals surface area contributed by atoms with Crippen LogP contribution in [-0.2, 0) is 4.79 Å². The molecule has 1 aliphatic rings. The average molecular weight is 237 g/mol. The SMILES string of the molecule is COc1cc(OC)cc(C2CC2(N)C(=O)O)c1. The van der Waals surface area contributed by atoms with Crippen molar-refractivity contribution in [1.82, 2.24) is 0 Å². The molecule has 0 heterocycles. The van der Waals surface area contributed by atoms with Crippen LogP contribution < -0.4 is 15.2 Å². The van der Waals surface area contributed by atoms with Crippen molar-refractivity contribution >= 4 is 5.97 Å². The summed E-state index contributed by atoms with van der Waals surface area (Å²) in [6, 6.07) is 5.33. The van der Waals surface area contributed by atoms with Crippen molar-refractivity contribution in [3.63, 3.8) is 0 Å². The number of hydrogen-bond donors (Lipinski definition) is 2. The molecule has 1 aromatic carbocycles. The molecule has 0 aromatic heterocycles. The maximum Gasteiger partial charge on any atom is 0.324 e. The van der Waals surface area contributed by atoms with Gasteiger partial charge in [0.25, 0.3) is 0 Å². The predicted molar refractivity (Wildman–Crippen MR) is 61.5 cm³/mol. The van der Waals surface area contributed by atoms with Crippen LogP contribution in [0, 0.1) is 0 Å². The van der Waals surface area contributed by atoms with Crippen LogP contribution in [0.3, 0.4) is 0 Å². The quantitative estimate of drug-likeness (QED) is 0.815. The summed E-state index contributed by atoms with van der Waals surface area (Å²) >= 11 is 0. The lowest BCUT2D eigenvalue weighted by Gasteiger charge is -2.10. The second-order valence-electron chi connectivity index (χ2n) is 4.25. The summed E-state index contributed by atoms with van der Waals surface area (Å²) in [5, 5.41) is 9.01. The molecule has 0 aliphatic heterocycles. The van der Waals surface area contributed by atoms with Gasteiger partial charge < -0.3 is 20.3 Å². The molecule has 3 N–H and O–H groups in total. The van der Waals surface area contributed by atoms with Crippen molar-refractivity contribution in [1.29, 1.82) is 0 Å². The molecule has 0 amide bonds. The first-order chi connectivity index (χ1) is 8.01. The number of ether oxygens (including phenoxy) is 2. The van der Waals surface area contributed by atoms with Crippen LogP contribution in [0.15, 0.2) is 18.2 Å². The molecule has 1 aliphatic carbocycles. The summed E-state index contributed by atoms with van der Waals surface area (Å²) < 4.78 is 10.3. The highest BCUT2D eigenvalue weighted by atomic mass is 16.5. The van der Waals surface area contributed by atoms with Crippen molar-refractivity contribution in [2.75, 3.05) is 14.2 Å². The predicted octanol–water partition coefficient (Wildman–Crippen LogP) is 0.973. The highest BCUT2D eigenvalue weighted by Gasteiger charge is 2.58. The second kappa shape index (κ2) is 3.92. The van der Waals surface area contributed by atoms with Crippen molar-refractivity contribution in [2.24, 2.45) is 5.73 Å². The van der Waals surface area contributed by atoms with Crippen molar-refractivity contribution in [2.45, 2.75) is 17.9 Å². The molecule has 0 bridgehead atoms. The number of methoxy groups -OCH3 is 2. The molecule has 0 saturated heterocycles. The van der Waals surface area contributed by atoms with Crippen LogP contribution >= 0.6 is 0 Å². The number of benzene rings is 1. The van der Waals surface area contributed by atoms with Gasteiger partial charge in [-0.3, -0.25) is 4.79 Å². The van der Waals surface area contributed by atoms with E-state index in [0.29, 0.717) is 17.9 Å². The van der Waals surface area contributed by atoms with Gasteiger partial charge in [0.2, 0.25) is 0 Å². The summed E-state index contributed by atoms with van der Waals surface area (Å²) in [4.78, 5) is 11.0. The van der Waals surface area contributed by atoms with Gasteiger partial charge in [0.15, 0.2) is 0 Å². The third kappa shape index (κ3) is 1.93. The van der Waals surface area contributed by atoms with Gasteiger partial charge in [-0.15, -0.1) is 0 Å². The fourth-order valence-corrected chi connectivity index (χ4v) is 1.96. The van der Waals surface area contributed by atoms with E-state index >= 15 is 0 Å². The smallest absolute Gasteiger partial charge is 0.324 e. The molecule has 1 aromatic rings. The number of nitrogens with two attached hydrogens (primary N) is 1. The van der Waals surface area contributed by atoms with Crippen LogP contribution in [0.5, 0.6) is 11.5 Å². The molecule has 2 unspecified atom stereocenters. The molecule has 92 valence electrons. The molecule has 1 fully saturated rings. The van der Waals surface area contributed by atoms with E-state index in [0.717, 1.165) is 5.56 Å². The van der Waals surface area contributed by atoms with Crippen molar-refractivity contribution in [3.05, 3.63) is 23.8 Å². The molecule has 1 saturated carbocycles. The maximum atomic E-state index is 11.0. The second-order valence-corrected chi connectivity index (χ2v) is 4.25. The van der Waals surface area contributed by atoms with E-state index in [1.54, 1.807) is 32.4 Å². The number of aliphatic carboxylic acids is 1. The molecule has 5 nitrogen and oxygen atoms in total. The Bertz CT molecular complexity index is 438. The largest absolute Gasteiger partial charge is 0.497 e. The lowest BCUT2D eigenvalue weighted by Crippen LogP contribution is -2.34. The highest BCUT2D eigenvalue weighted by molar-refractivity contribution is 5.85. The average Bonchev–Trinajstić information content (AvgIpc) is 3.02. The van der Waals surface area contributed by atoms with Crippen molar-refractivity contribution in [3.8, 4) is 11.5 Å². The van der Waals surface area contributed by atoms with E-state index in [4.69, 9.17) is 20.3 Å². The fourth-order valence-electron chi connectivity index (χ4n) is 1.96. The van der Waals surface area contributed by atoms with Gasteiger partial charge in [-0.25, -0.2) is 0 Å². The highest BCUT2D eigenvalue weighted by Crippen LogP contribution is 2.50. The first-order valence-corrected chi connectivity index (χ1v) is 5.26. The minimum Gasteiger partial charge on any atom is -0.497 e. The molecular formula is C12H15NO4. The summed E-state index contributed by atoms with van der Waals surface area (Å²) in [5.74, 6) is 0.131. The van der Waals surface area contributed by atoms with E-state index in [1.165, 1.54) is 0 Å². The minimum atomic E-state index is -1.14. The van der Waals surface area contributed by atoms with Gasteiger partial charge in [0.05, 0.1) is 14.2 Å². The van der Waals surface area contributed by atoms with Crippen LogP contribution in [0.25, 0.3) is 0 Å². The van der Waals surface area contributed by atoms with Crippen LogP contribution in [-0.4, -0.2) is 30.8 Å². The standard InChI is InChI=1S/C12H15NO4/c1-16-8-3-7(4-9(5-8)17-2)10-6-12(10,13)11(14)15/h3-5,10H,6,13H2,1-2H3,(H,14,15). The van der Waals surface area contributed by atoms with E-state index in [-0.39, 0.29) is 5.92 Å². The van der Waals surface area contributed by atoms with Gasteiger partial charge in [-0.1, -0.05) is 0 Å². The topological polar surface area (TPSA) is 81.8 Å². The zero-order valence-electron chi connectivity index (χ0n) is 9.77. The molecular weight excluding hydrogens is 222 g/mol. The van der Waals surface area contributed by atoms with Crippen molar-refractivity contribution < 1.29 is 19.4 Å². The lowest BCUT2D eigenvalue weighted by atomic mass is 10.1. The third-order valence-electron chi connectivity index (χ3n) is 3.18.